The molecule has 1 aromatic carbocycles. The third kappa shape index (κ3) is 2.84. The van der Waals surface area contributed by atoms with Crippen LogP contribution in [0.25, 0.3) is 0 Å². The molecule has 82 valence electrons. The smallest absolute Gasteiger partial charge is 0.224 e. The van der Waals surface area contributed by atoms with E-state index in [0.29, 0.717) is 10.8 Å². The molecule has 16 heavy (non-hydrogen) atoms. The Morgan fingerprint density at radius 2 is 2.00 bits per heavy atom. The highest BCUT2D eigenvalue weighted by molar-refractivity contribution is 9.10. The Balaban J connectivity index is 2.24. The minimum Gasteiger partial charge on any atom is -0.340 e. The van der Waals surface area contributed by atoms with E-state index in [1.807, 2.05) is 12.1 Å². The number of hydrogen-bond acceptors (Lipinski definition) is 3. The van der Waals surface area contributed by atoms with Crippen LogP contribution in [0.4, 0.5) is 11.5 Å². The predicted octanol–water partition coefficient (Wildman–Crippen LogP) is 4.29. The van der Waals surface area contributed by atoms with Gasteiger partial charge < -0.3 is 5.32 Å². The molecule has 0 aliphatic rings. The number of anilines is 2. The molecule has 0 spiro atoms. The lowest BCUT2D eigenvalue weighted by Gasteiger charge is -2.06. The summed E-state index contributed by atoms with van der Waals surface area (Å²) in [4.78, 5) is 7.80. The van der Waals surface area contributed by atoms with Crippen LogP contribution in [0.2, 0.25) is 10.3 Å². The number of rotatable bonds is 2. The molecule has 2 aromatic rings. The van der Waals surface area contributed by atoms with E-state index >= 15 is 0 Å². The molecular formula is C10H6BrCl2N3. The molecule has 6 heteroatoms. The molecule has 0 aliphatic heterocycles. The van der Waals surface area contributed by atoms with Crippen molar-refractivity contribution < 1.29 is 0 Å². The topological polar surface area (TPSA) is 37.8 Å². The highest BCUT2D eigenvalue weighted by Gasteiger charge is 2.01. The number of aromatic nitrogens is 2. The second-order valence-electron chi connectivity index (χ2n) is 2.96. The third-order valence-corrected chi connectivity index (χ3v) is 3.23. The van der Waals surface area contributed by atoms with Crippen molar-refractivity contribution in [3.63, 3.8) is 0 Å². The normalized spacial score (nSPS) is 10.2. The first-order valence-corrected chi connectivity index (χ1v) is 5.90. The lowest BCUT2D eigenvalue weighted by Crippen LogP contribution is -1.94. The van der Waals surface area contributed by atoms with E-state index in [1.54, 1.807) is 18.3 Å². The SMILES string of the molecule is Clc1nccc(Nc2ccc(Br)c(Cl)c2)n1. The summed E-state index contributed by atoms with van der Waals surface area (Å²) in [7, 11) is 0. The van der Waals surface area contributed by atoms with E-state index in [1.165, 1.54) is 0 Å². The zero-order chi connectivity index (χ0) is 11.5. The zero-order valence-electron chi connectivity index (χ0n) is 7.92. The molecule has 0 atom stereocenters. The summed E-state index contributed by atoms with van der Waals surface area (Å²) in [6, 6.07) is 7.25. The van der Waals surface area contributed by atoms with Crippen LogP contribution in [-0.2, 0) is 0 Å². The summed E-state index contributed by atoms with van der Waals surface area (Å²) >= 11 is 15.0. The van der Waals surface area contributed by atoms with Gasteiger partial charge in [-0.2, -0.15) is 0 Å². The second-order valence-corrected chi connectivity index (χ2v) is 4.56. The van der Waals surface area contributed by atoms with E-state index in [4.69, 9.17) is 23.2 Å². The van der Waals surface area contributed by atoms with Gasteiger partial charge in [0.2, 0.25) is 5.28 Å². The molecule has 2 rings (SSSR count). The zero-order valence-corrected chi connectivity index (χ0v) is 11.0. The summed E-state index contributed by atoms with van der Waals surface area (Å²) in [5.74, 6) is 0.624. The molecule has 1 aromatic heterocycles. The quantitative estimate of drug-likeness (QED) is 0.839. The van der Waals surface area contributed by atoms with Crippen molar-refractivity contribution in [2.75, 3.05) is 5.32 Å². The molecule has 0 amide bonds. The van der Waals surface area contributed by atoms with Crippen LogP contribution in [-0.4, -0.2) is 9.97 Å². The second kappa shape index (κ2) is 4.99. The van der Waals surface area contributed by atoms with E-state index < -0.39 is 0 Å². The van der Waals surface area contributed by atoms with Crippen LogP contribution in [0.5, 0.6) is 0 Å². The van der Waals surface area contributed by atoms with Gasteiger partial charge in [-0.15, -0.1) is 0 Å². The van der Waals surface area contributed by atoms with E-state index in [-0.39, 0.29) is 5.28 Å². The van der Waals surface area contributed by atoms with Crippen LogP contribution < -0.4 is 5.32 Å². The average molecular weight is 319 g/mol. The highest BCUT2D eigenvalue weighted by Crippen LogP contribution is 2.26. The largest absolute Gasteiger partial charge is 0.340 e. The van der Waals surface area contributed by atoms with Crippen molar-refractivity contribution in [1.29, 1.82) is 0 Å². The molecule has 3 nitrogen and oxygen atoms in total. The van der Waals surface area contributed by atoms with Crippen molar-refractivity contribution in [2.24, 2.45) is 0 Å². The summed E-state index contributed by atoms with van der Waals surface area (Å²) in [6.07, 6.45) is 1.58. The van der Waals surface area contributed by atoms with Gasteiger partial charge in [0.05, 0.1) is 5.02 Å². The van der Waals surface area contributed by atoms with Gasteiger partial charge in [0, 0.05) is 16.4 Å². The maximum atomic E-state index is 5.97. The van der Waals surface area contributed by atoms with Gasteiger partial charge in [-0.25, -0.2) is 9.97 Å². The van der Waals surface area contributed by atoms with Crippen LogP contribution in [0.3, 0.4) is 0 Å². The Hall–Kier alpha value is -0.840. The Morgan fingerprint density at radius 3 is 2.69 bits per heavy atom. The van der Waals surface area contributed by atoms with E-state index in [2.05, 4.69) is 31.2 Å². The van der Waals surface area contributed by atoms with Crippen LogP contribution in [0, 0.1) is 0 Å². The molecule has 1 N–H and O–H groups in total. The molecule has 1 heterocycles. The lowest BCUT2D eigenvalue weighted by atomic mass is 10.3. The fourth-order valence-electron chi connectivity index (χ4n) is 1.13. The summed E-state index contributed by atoms with van der Waals surface area (Å²) in [5, 5.41) is 3.90. The van der Waals surface area contributed by atoms with Gasteiger partial charge in [-0.05, 0) is 51.8 Å². The van der Waals surface area contributed by atoms with E-state index in [9.17, 15) is 0 Å². The van der Waals surface area contributed by atoms with Gasteiger partial charge in [0.1, 0.15) is 5.82 Å². The number of nitrogens with one attached hydrogen (secondary N) is 1. The standard InChI is InChI=1S/C10H6BrCl2N3/c11-7-2-1-6(5-8(7)12)15-9-3-4-14-10(13)16-9/h1-5H,(H,14,15,16). The fraction of sp³-hybridized carbons (Fsp3) is 0. The summed E-state index contributed by atoms with van der Waals surface area (Å²) < 4.78 is 0.848. The monoisotopic (exact) mass is 317 g/mol. The summed E-state index contributed by atoms with van der Waals surface area (Å²) in [6.45, 7) is 0. The van der Waals surface area contributed by atoms with Crippen molar-refractivity contribution in [3.05, 3.63) is 45.2 Å². The van der Waals surface area contributed by atoms with Gasteiger partial charge in [0.25, 0.3) is 0 Å². The minimum absolute atomic E-state index is 0.202. The molecule has 0 saturated carbocycles. The Labute approximate surface area is 111 Å². The maximum absolute atomic E-state index is 5.97. The highest BCUT2D eigenvalue weighted by atomic mass is 79.9. The van der Waals surface area contributed by atoms with Crippen LogP contribution >= 0.6 is 39.1 Å². The lowest BCUT2D eigenvalue weighted by molar-refractivity contribution is 1.17. The maximum Gasteiger partial charge on any atom is 0.224 e. The fourth-order valence-corrected chi connectivity index (χ4v) is 1.70. The van der Waals surface area contributed by atoms with Gasteiger partial charge in [0.15, 0.2) is 0 Å². The number of benzene rings is 1. The Bertz CT molecular complexity index is 519. The first-order valence-electron chi connectivity index (χ1n) is 4.36. The third-order valence-electron chi connectivity index (χ3n) is 1.82. The van der Waals surface area contributed by atoms with Crippen molar-refractivity contribution >= 4 is 50.6 Å². The van der Waals surface area contributed by atoms with Gasteiger partial charge in [-0.1, -0.05) is 11.6 Å². The summed E-state index contributed by atoms with van der Waals surface area (Å²) in [5.41, 5.74) is 0.836. The molecule has 0 fully saturated rings. The molecule has 0 bridgehead atoms. The van der Waals surface area contributed by atoms with Crippen molar-refractivity contribution in [2.45, 2.75) is 0 Å². The van der Waals surface area contributed by atoms with Crippen LogP contribution in [0.1, 0.15) is 0 Å². The van der Waals surface area contributed by atoms with Gasteiger partial charge >= 0.3 is 0 Å². The molecule has 0 radical (unpaired) electrons. The van der Waals surface area contributed by atoms with E-state index in [0.717, 1.165) is 10.2 Å². The number of hydrogen-bond donors (Lipinski definition) is 1. The Morgan fingerprint density at radius 1 is 1.19 bits per heavy atom. The Kier molecular flexibility index (Phi) is 3.63. The van der Waals surface area contributed by atoms with Gasteiger partial charge in [-0.3, -0.25) is 0 Å². The van der Waals surface area contributed by atoms with Crippen molar-refractivity contribution in [3.8, 4) is 0 Å². The first kappa shape index (κ1) is 11.6. The molecular weight excluding hydrogens is 313 g/mol. The molecule has 0 aliphatic carbocycles. The first-order chi connectivity index (χ1) is 7.65. The minimum atomic E-state index is 0.202. The number of halogens is 3. The average Bonchev–Trinajstić information content (AvgIpc) is 2.24. The van der Waals surface area contributed by atoms with Crippen molar-refractivity contribution in [1.82, 2.24) is 9.97 Å². The molecule has 0 unspecified atom stereocenters. The molecule has 0 saturated heterocycles. The number of nitrogens with zero attached hydrogens (tertiary/aromatic N) is 2. The van der Waals surface area contributed by atoms with Crippen LogP contribution in [0.15, 0.2) is 34.9 Å². The predicted molar refractivity (Wildman–Crippen MR) is 69.5 cm³/mol.